The van der Waals surface area contributed by atoms with Gasteiger partial charge in [-0.05, 0) is 52.6 Å². The second-order valence-corrected chi connectivity index (χ2v) is 10.5. The van der Waals surface area contributed by atoms with Crippen LogP contribution in [0.15, 0.2) is 109 Å². The van der Waals surface area contributed by atoms with E-state index in [9.17, 15) is 0 Å². The molecule has 6 rings (SSSR count). The largest absolute Gasteiger partial charge is 0.445 e. The number of unbranched alkanes of at least 4 members (excludes halogenated alkanes) is 1. The van der Waals surface area contributed by atoms with Gasteiger partial charge in [0.2, 0.25) is 11.6 Å². The molecular formula is C35H35N7O2. The van der Waals surface area contributed by atoms with Gasteiger partial charge in [0, 0.05) is 24.9 Å². The molecule has 0 aliphatic carbocycles. The second kappa shape index (κ2) is 13.3. The molecule has 0 fully saturated rings. The molecule has 1 N–H and O–H groups in total. The molecule has 0 amide bonds. The van der Waals surface area contributed by atoms with Crippen LogP contribution in [0.5, 0.6) is 11.5 Å². The maximum Gasteiger partial charge on any atom is 0.314 e. The summed E-state index contributed by atoms with van der Waals surface area (Å²) in [4.78, 5) is 5.10. The lowest BCUT2D eigenvalue weighted by molar-refractivity contribution is -0.131. The van der Waals surface area contributed by atoms with Crippen LogP contribution in [0.3, 0.4) is 0 Å². The van der Waals surface area contributed by atoms with Crippen molar-refractivity contribution in [1.29, 1.82) is 0 Å². The number of H-pyrrole nitrogens is 1. The summed E-state index contributed by atoms with van der Waals surface area (Å²) >= 11 is 0. The Hall–Kier alpha value is -5.31. The average Bonchev–Trinajstić information content (AvgIpc) is 3.76. The van der Waals surface area contributed by atoms with Crippen LogP contribution < -0.4 is 9.47 Å². The smallest absolute Gasteiger partial charge is 0.314 e. The monoisotopic (exact) mass is 585 g/mol. The molecule has 0 aliphatic heterocycles. The zero-order chi connectivity index (χ0) is 30.2. The number of nitrogens with one attached hydrogen (secondary N) is 1. The normalized spacial score (nSPS) is 11.4. The summed E-state index contributed by atoms with van der Waals surface area (Å²) in [6.07, 6.45) is 3.14. The topological polar surface area (TPSA) is 104 Å². The fraction of sp³-hybridized carbons (Fsp3) is 0.229. The third-order valence-electron chi connectivity index (χ3n) is 7.47. The van der Waals surface area contributed by atoms with E-state index < -0.39 is 5.79 Å². The van der Waals surface area contributed by atoms with Crippen LogP contribution in [-0.2, 0) is 18.8 Å². The van der Waals surface area contributed by atoms with Crippen molar-refractivity contribution in [3.8, 4) is 34.0 Å². The van der Waals surface area contributed by atoms with Gasteiger partial charge < -0.3 is 9.47 Å². The lowest BCUT2D eigenvalue weighted by atomic mass is 9.98. The third kappa shape index (κ3) is 6.36. The number of aromatic nitrogens is 7. The fourth-order valence-electron chi connectivity index (χ4n) is 5.12. The minimum atomic E-state index is -1.21. The maximum atomic E-state index is 6.59. The van der Waals surface area contributed by atoms with Gasteiger partial charge in [0.1, 0.15) is 17.3 Å². The Balaban J connectivity index is 1.33. The molecule has 0 radical (unpaired) electrons. The van der Waals surface area contributed by atoms with Crippen LogP contribution in [0.1, 0.15) is 50.3 Å². The van der Waals surface area contributed by atoms with Gasteiger partial charge in [0.05, 0.1) is 0 Å². The first-order valence-electron chi connectivity index (χ1n) is 15.0. The predicted octanol–water partition coefficient (Wildman–Crippen LogP) is 7.24. The van der Waals surface area contributed by atoms with E-state index in [2.05, 4.69) is 57.9 Å². The number of aryl methyl sites for hydroxylation is 1. The van der Waals surface area contributed by atoms with Crippen molar-refractivity contribution in [1.82, 2.24) is 35.4 Å². The number of hydrogen-bond donors (Lipinski definition) is 1. The molecule has 222 valence electrons. The van der Waals surface area contributed by atoms with E-state index in [4.69, 9.17) is 19.6 Å². The highest BCUT2D eigenvalue weighted by Gasteiger charge is 2.41. The summed E-state index contributed by atoms with van der Waals surface area (Å²) in [6.45, 7) is 4.96. The van der Waals surface area contributed by atoms with E-state index in [1.165, 1.54) is 0 Å². The second-order valence-electron chi connectivity index (χ2n) is 10.5. The molecule has 0 atom stereocenters. The van der Waals surface area contributed by atoms with E-state index >= 15 is 0 Å². The fourth-order valence-corrected chi connectivity index (χ4v) is 5.12. The zero-order valence-electron chi connectivity index (χ0n) is 24.9. The summed E-state index contributed by atoms with van der Waals surface area (Å²) in [5.74, 6) is 2.10. The summed E-state index contributed by atoms with van der Waals surface area (Å²) in [7, 11) is 0. The van der Waals surface area contributed by atoms with E-state index in [-0.39, 0.29) is 0 Å². The number of hydrogen-bond acceptors (Lipinski definition) is 7. The van der Waals surface area contributed by atoms with Crippen molar-refractivity contribution in [2.24, 2.45) is 0 Å². The number of tetrazole rings is 1. The number of ether oxygens (including phenoxy) is 2. The zero-order valence-corrected chi connectivity index (χ0v) is 24.9. The third-order valence-corrected chi connectivity index (χ3v) is 7.47. The lowest BCUT2D eigenvalue weighted by Gasteiger charge is -2.31. The number of nitrogens with zero attached hydrogens (tertiary/aromatic N) is 6. The van der Waals surface area contributed by atoms with Crippen molar-refractivity contribution in [2.45, 2.75) is 51.9 Å². The van der Waals surface area contributed by atoms with Crippen LogP contribution in [-0.4, -0.2) is 35.4 Å². The molecular weight excluding hydrogens is 550 g/mol. The van der Waals surface area contributed by atoms with Gasteiger partial charge in [-0.3, -0.25) is 0 Å². The predicted molar refractivity (Wildman–Crippen MR) is 169 cm³/mol. The Bertz CT molecular complexity index is 1710. The van der Waals surface area contributed by atoms with Gasteiger partial charge in [0.25, 0.3) is 0 Å². The Morgan fingerprint density at radius 2 is 1.39 bits per heavy atom. The van der Waals surface area contributed by atoms with Crippen molar-refractivity contribution in [3.05, 3.63) is 126 Å². The standard InChI is InChI=1S/C35H35N7O2/c1-3-5-24-42-32(25-26-20-22-27(23-21-26)30-18-12-13-19-31(30)33-37-40-41-38-33)36-34(39-42)35(4-2,43-28-14-8-6-9-15-28)44-29-16-10-7-11-17-29/h6-23H,3-5,24-25H2,1-2H3,(H,37,38,40,41). The van der Waals surface area contributed by atoms with Gasteiger partial charge in [-0.1, -0.05) is 105 Å². The molecule has 2 aromatic heterocycles. The number of benzene rings is 4. The van der Waals surface area contributed by atoms with E-state index in [0.717, 1.165) is 47.5 Å². The van der Waals surface area contributed by atoms with Crippen LogP contribution in [0.25, 0.3) is 22.5 Å². The molecule has 4 aromatic carbocycles. The Morgan fingerprint density at radius 1 is 0.750 bits per heavy atom. The molecule has 0 aliphatic rings. The Kier molecular flexibility index (Phi) is 8.72. The summed E-state index contributed by atoms with van der Waals surface area (Å²) in [5, 5.41) is 19.6. The lowest BCUT2D eigenvalue weighted by Crippen LogP contribution is -2.40. The first-order chi connectivity index (χ1) is 21.7. The first kappa shape index (κ1) is 28.8. The van der Waals surface area contributed by atoms with Crippen LogP contribution in [0.2, 0.25) is 0 Å². The highest BCUT2D eigenvalue weighted by atomic mass is 16.7. The first-order valence-corrected chi connectivity index (χ1v) is 15.0. The number of rotatable bonds is 13. The molecule has 0 bridgehead atoms. The minimum Gasteiger partial charge on any atom is -0.445 e. The van der Waals surface area contributed by atoms with Crippen molar-refractivity contribution in [2.75, 3.05) is 0 Å². The van der Waals surface area contributed by atoms with E-state index in [1.807, 2.05) is 90.5 Å². The van der Waals surface area contributed by atoms with Crippen LogP contribution >= 0.6 is 0 Å². The molecule has 0 unspecified atom stereocenters. The SMILES string of the molecule is CCCCn1nc(C(CC)(Oc2ccccc2)Oc2ccccc2)nc1Cc1ccc(-c2ccccc2-c2nn[nH]n2)cc1. The van der Waals surface area contributed by atoms with E-state index in [0.29, 0.717) is 36.0 Å². The average molecular weight is 586 g/mol. The molecule has 6 aromatic rings. The van der Waals surface area contributed by atoms with Crippen molar-refractivity contribution in [3.63, 3.8) is 0 Å². The van der Waals surface area contributed by atoms with Crippen molar-refractivity contribution >= 4 is 0 Å². The minimum absolute atomic E-state index is 0.502. The number of para-hydroxylation sites is 2. The molecule has 44 heavy (non-hydrogen) atoms. The molecule has 0 spiro atoms. The summed E-state index contributed by atoms with van der Waals surface area (Å²) in [6, 6.07) is 36.0. The van der Waals surface area contributed by atoms with Crippen molar-refractivity contribution < 1.29 is 9.47 Å². The molecule has 9 heteroatoms. The molecule has 9 nitrogen and oxygen atoms in total. The van der Waals surface area contributed by atoms with Crippen LogP contribution in [0.4, 0.5) is 0 Å². The van der Waals surface area contributed by atoms with Gasteiger partial charge >= 0.3 is 5.79 Å². The summed E-state index contributed by atoms with van der Waals surface area (Å²) in [5.41, 5.74) is 4.15. The number of aromatic amines is 1. The Labute approximate surface area is 256 Å². The van der Waals surface area contributed by atoms with Crippen LogP contribution in [0, 0.1) is 0 Å². The van der Waals surface area contributed by atoms with Gasteiger partial charge in [-0.25, -0.2) is 9.67 Å². The highest BCUT2D eigenvalue weighted by molar-refractivity contribution is 5.80. The van der Waals surface area contributed by atoms with Gasteiger partial charge in [-0.2, -0.15) is 5.21 Å². The molecule has 2 heterocycles. The maximum absolute atomic E-state index is 6.59. The van der Waals surface area contributed by atoms with Gasteiger partial charge in [0.15, 0.2) is 0 Å². The summed E-state index contributed by atoms with van der Waals surface area (Å²) < 4.78 is 15.2. The van der Waals surface area contributed by atoms with E-state index in [1.54, 1.807) is 0 Å². The highest BCUT2D eigenvalue weighted by Crippen LogP contribution is 2.34. The quantitative estimate of drug-likeness (QED) is 0.143. The van der Waals surface area contributed by atoms with Gasteiger partial charge in [-0.15, -0.1) is 15.3 Å². The molecule has 0 saturated carbocycles. The molecule has 0 saturated heterocycles. The Morgan fingerprint density at radius 3 is 1.98 bits per heavy atom.